The second-order valence-electron chi connectivity index (χ2n) is 3.88. The first-order valence-corrected chi connectivity index (χ1v) is 5.45. The maximum absolute atomic E-state index is 12.7. The largest absolute Gasteiger partial charge is 0.478 e. The minimum atomic E-state index is -0.946. The van der Waals surface area contributed by atoms with E-state index in [4.69, 9.17) is 5.11 Å². The lowest BCUT2D eigenvalue weighted by Crippen LogP contribution is -2.28. The Morgan fingerprint density at radius 1 is 1.47 bits per heavy atom. The fourth-order valence-electron chi connectivity index (χ4n) is 1.48. The normalized spacial score (nSPS) is 12.8. The first kappa shape index (κ1) is 13.4. The summed E-state index contributed by atoms with van der Waals surface area (Å²) in [6.07, 6.45) is 3.45. The minimum absolute atomic E-state index is 0.207. The lowest BCUT2D eigenvalue weighted by atomic mass is 10.1. The van der Waals surface area contributed by atoms with Crippen LogP contribution in [0.15, 0.2) is 36.4 Å². The van der Waals surface area contributed by atoms with Crippen LogP contribution in [-0.2, 0) is 11.2 Å². The zero-order chi connectivity index (χ0) is 12.7. The average Bonchev–Trinajstić information content (AvgIpc) is 2.27. The number of benzene rings is 1. The SMILES string of the molecule is CC(Cc1ccc(F)cc1)NC/C=C/C(=O)O. The van der Waals surface area contributed by atoms with Crippen molar-refractivity contribution in [1.29, 1.82) is 0 Å². The zero-order valence-corrected chi connectivity index (χ0v) is 9.69. The highest BCUT2D eigenvalue weighted by Crippen LogP contribution is 2.05. The number of aliphatic carboxylic acids is 1. The summed E-state index contributed by atoms with van der Waals surface area (Å²) < 4.78 is 12.7. The van der Waals surface area contributed by atoms with Crippen molar-refractivity contribution < 1.29 is 14.3 Å². The van der Waals surface area contributed by atoms with E-state index in [9.17, 15) is 9.18 Å². The second-order valence-corrected chi connectivity index (χ2v) is 3.88. The Morgan fingerprint density at radius 2 is 2.12 bits per heavy atom. The highest BCUT2D eigenvalue weighted by molar-refractivity contribution is 5.79. The van der Waals surface area contributed by atoms with Gasteiger partial charge in [0.2, 0.25) is 0 Å². The van der Waals surface area contributed by atoms with Crippen molar-refractivity contribution in [3.8, 4) is 0 Å². The van der Waals surface area contributed by atoms with E-state index < -0.39 is 5.97 Å². The summed E-state index contributed by atoms with van der Waals surface area (Å²) in [6, 6.07) is 6.58. The maximum Gasteiger partial charge on any atom is 0.328 e. The standard InChI is InChI=1S/C13H16FNO2/c1-10(15-8-2-3-13(16)17)9-11-4-6-12(14)7-5-11/h2-7,10,15H,8-9H2,1H3,(H,16,17)/b3-2+. The van der Waals surface area contributed by atoms with Gasteiger partial charge in [-0.05, 0) is 31.0 Å². The van der Waals surface area contributed by atoms with Crippen LogP contribution < -0.4 is 5.32 Å². The molecule has 0 aliphatic heterocycles. The number of nitrogens with one attached hydrogen (secondary N) is 1. The van der Waals surface area contributed by atoms with Crippen molar-refractivity contribution in [1.82, 2.24) is 5.32 Å². The molecular formula is C13H16FNO2. The van der Waals surface area contributed by atoms with Gasteiger partial charge in [-0.15, -0.1) is 0 Å². The number of hydrogen-bond acceptors (Lipinski definition) is 2. The molecule has 1 rings (SSSR count). The summed E-state index contributed by atoms with van der Waals surface area (Å²) >= 11 is 0. The monoisotopic (exact) mass is 237 g/mol. The molecule has 1 aromatic rings. The van der Waals surface area contributed by atoms with E-state index in [1.54, 1.807) is 18.2 Å². The van der Waals surface area contributed by atoms with Crippen LogP contribution in [0.5, 0.6) is 0 Å². The van der Waals surface area contributed by atoms with E-state index in [1.807, 2.05) is 6.92 Å². The molecule has 0 saturated carbocycles. The molecule has 0 aromatic heterocycles. The molecule has 0 spiro atoms. The minimum Gasteiger partial charge on any atom is -0.478 e. The zero-order valence-electron chi connectivity index (χ0n) is 9.69. The Balaban J connectivity index is 2.32. The van der Waals surface area contributed by atoms with Gasteiger partial charge in [0.05, 0.1) is 0 Å². The number of carboxylic acids is 1. The van der Waals surface area contributed by atoms with Crippen molar-refractivity contribution in [3.05, 3.63) is 47.8 Å². The molecule has 92 valence electrons. The Labute approximate surface area is 100.0 Å². The molecule has 1 atom stereocenters. The summed E-state index contributed by atoms with van der Waals surface area (Å²) in [5.74, 6) is -1.18. The van der Waals surface area contributed by atoms with Crippen molar-refractivity contribution >= 4 is 5.97 Å². The molecule has 0 radical (unpaired) electrons. The number of rotatable bonds is 6. The van der Waals surface area contributed by atoms with Crippen molar-refractivity contribution in [2.75, 3.05) is 6.54 Å². The van der Waals surface area contributed by atoms with Crippen LogP contribution in [0.2, 0.25) is 0 Å². The number of carbonyl (C=O) groups is 1. The molecule has 2 N–H and O–H groups in total. The molecule has 0 fully saturated rings. The number of carboxylic acid groups (broad SMARTS) is 1. The Kier molecular flexibility index (Phi) is 5.36. The van der Waals surface area contributed by atoms with E-state index in [0.29, 0.717) is 6.54 Å². The summed E-state index contributed by atoms with van der Waals surface area (Å²) in [5, 5.41) is 11.5. The van der Waals surface area contributed by atoms with Gasteiger partial charge in [0.1, 0.15) is 5.82 Å². The van der Waals surface area contributed by atoms with Gasteiger partial charge in [-0.2, -0.15) is 0 Å². The molecule has 0 bridgehead atoms. The third-order valence-corrected chi connectivity index (χ3v) is 2.30. The Bertz CT molecular complexity index is 387. The van der Waals surface area contributed by atoms with E-state index in [0.717, 1.165) is 18.1 Å². The molecule has 17 heavy (non-hydrogen) atoms. The Morgan fingerprint density at radius 3 is 2.71 bits per heavy atom. The summed E-state index contributed by atoms with van der Waals surface area (Å²) in [4.78, 5) is 10.2. The summed E-state index contributed by atoms with van der Waals surface area (Å²) in [7, 11) is 0. The lowest BCUT2D eigenvalue weighted by molar-refractivity contribution is -0.131. The first-order chi connectivity index (χ1) is 8.08. The highest BCUT2D eigenvalue weighted by atomic mass is 19.1. The van der Waals surface area contributed by atoms with Crippen molar-refractivity contribution in [2.45, 2.75) is 19.4 Å². The van der Waals surface area contributed by atoms with Crippen LogP contribution in [0.4, 0.5) is 4.39 Å². The molecule has 1 unspecified atom stereocenters. The van der Waals surface area contributed by atoms with Gasteiger partial charge in [0, 0.05) is 18.7 Å². The van der Waals surface area contributed by atoms with Gasteiger partial charge in [0.25, 0.3) is 0 Å². The molecule has 0 saturated heterocycles. The fraction of sp³-hybridized carbons (Fsp3) is 0.308. The van der Waals surface area contributed by atoms with E-state index >= 15 is 0 Å². The smallest absolute Gasteiger partial charge is 0.328 e. The molecule has 3 nitrogen and oxygen atoms in total. The van der Waals surface area contributed by atoms with Crippen LogP contribution >= 0.6 is 0 Å². The third-order valence-electron chi connectivity index (χ3n) is 2.30. The van der Waals surface area contributed by atoms with Crippen LogP contribution in [0.25, 0.3) is 0 Å². The number of hydrogen-bond donors (Lipinski definition) is 2. The van der Waals surface area contributed by atoms with Gasteiger partial charge < -0.3 is 10.4 Å². The topological polar surface area (TPSA) is 49.3 Å². The van der Waals surface area contributed by atoms with Crippen molar-refractivity contribution in [3.63, 3.8) is 0 Å². The van der Waals surface area contributed by atoms with E-state index in [2.05, 4.69) is 5.32 Å². The molecular weight excluding hydrogens is 221 g/mol. The molecule has 1 aromatic carbocycles. The fourth-order valence-corrected chi connectivity index (χ4v) is 1.48. The van der Waals surface area contributed by atoms with Gasteiger partial charge in [0.15, 0.2) is 0 Å². The average molecular weight is 237 g/mol. The van der Waals surface area contributed by atoms with Crippen LogP contribution in [0.3, 0.4) is 0 Å². The van der Waals surface area contributed by atoms with Gasteiger partial charge in [-0.3, -0.25) is 0 Å². The van der Waals surface area contributed by atoms with Gasteiger partial charge >= 0.3 is 5.97 Å². The summed E-state index contributed by atoms with van der Waals surface area (Å²) in [6.45, 7) is 2.51. The van der Waals surface area contributed by atoms with Crippen LogP contribution in [0.1, 0.15) is 12.5 Å². The van der Waals surface area contributed by atoms with E-state index in [1.165, 1.54) is 12.1 Å². The first-order valence-electron chi connectivity index (χ1n) is 5.45. The quantitative estimate of drug-likeness (QED) is 0.744. The lowest BCUT2D eigenvalue weighted by Gasteiger charge is -2.12. The molecule has 0 aliphatic carbocycles. The predicted octanol–water partition coefficient (Wildman–Crippen LogP) is 1.99. The Hall–Kier alpha value is -1.68. The van der Waals surface area contributed by atoms with Crippen molar-refractivity contribution in [2.24, 2.45) is 0 Å². The molecule has 0 amide bonds. The van der Waals surface area contributed by atoms with Crippen LogP contribution in [-0.4, -0.2) is 23.7 Å². The van der Waals surface area contributed by atoms with Gasteiger partial charge in [-0.1, -0.05) is 18.2 Å². The van der Waals surface area contributed by atoms with E-state index in [-0.39, 0.29) is 11.9 Å². The summed E-state index contributed by atoms with van der Waals surface area (Å²) in [5.41, 5.74) is 1.05. The maximum atomic E-state index is 12.7. The predicted molar refractivity (Wildman–Crippen MR) is 64.3 cm³/mol. The highest BCUT2D eigenvalue weighted by Gasteiger charge is 2.01. The third kappa shape index (κ3) is 5.82. The molecule has 0 heterocycles. The number of halogens is 1. The molecule has 0 aliphatic rings. The molecule has 4 heteroatoms. The van der Waals surface area contributed by atoms with Crippen LogP contribution in [0, 0.1) is 5.82 Å². The second kappa shape index (κ2) is 6.81. The van der Waals surface area contributed by atoms with Gasteiger partial charge in [-0.25, -0.2) is 9.18 Å².